The number of imide groups is 1. The Kier molecular flexibility index (Phi) is 6.58. The van der Waals surface area contributed by atoms with Gasteiger partial charge in [-0.2, -0.15) is 0 Å². The summed E-state index contributed by atoms with van der Waals surface area (Å²) in [6.07, 6.45) is 3.59. The van der Waals surface area contributed by atoms with Gasteiger partial charge in [0.15, 0.2) is 0 Å². The second-order valence-electron chi connectivity index (χ2n) is 8.57. The lowest BCUT2D eigenvalue weighted by atomic mass is 10.0. The molecule has 3 amide bonds. The van der Waals surface area contributed by atoms with E-state index in [1.807, 2.05) is 19.1 Å². The summed E-state index contributed by atoms with van der Waals surface area (Å²) in [5.41, 5.74) is 2.29. The molecule has 1 aliphatic carbocycles. The van der Waals surface area contributed by atoms with Crippen molar-refractivity contribution in [2.45, 2.75) is 58.0 Å². The molecule has 172 valence electrons. The van der Waals surface area contributed by atoms with Crippen LogP contribution in [0.2, 0.25) is 0 Å². The Morgan fingerprint density at radius 3 is 2.18 bits per heavy atom. The van der Waals surface area contributed by atoms with Gasteiger partial charge < -0.3 is 9.64 Å². The average molecular weight is 449 g/mol. The van der Waals surface area contributed by atoms with Gasteiger partial charge in [0.25, 0.3) is 11.8 Å². The Bertz CT molecular complexity index is 1060. The van der Waals surface area contributed by atoms with Gasteiger partial charge in [0.05, 0.1) is 24.3 Å². The fraction of sp³-hybridized carbons (Fsp3) is 0.385. The summed E-state index contributed by atoms with van der Waals surface area (Å²) in [6, 6.07) is 12.6. The Hall–Kier alpha value is -3.48. The summed E-state index contributed by atoms with van der Waals surface area (Å²) < 4.78 is 4.99. The van der Waals surface area contributed by atoms with Crippen LogP contribution in [0, 0.1) is 6.92 Å². The third-order valence-electron chi connectivity index (χ3n) is 6.35. The summed E-state index contributed by atoms with van der Waals surface area (Å²) in [5.74, 6) is -1.44. The Balaban J connectivity index is 1.61. The second-order valence-corrected chi connectivity index (χ2v) is 8.57. The molecule has 1 unspecified atom stereocenters. The van der Waals surface area contributed by atoms with Gasteiger partial charge in [-0.1, -0.05) is 30.5 Å². The van der Waals surface area contributed by atoms with Gasteiger partial charge in [0.1, 0.15) is 6.04 Å². The molecule has 0 N–H and O–H groups in total. The quantitative estimate of drug-likeness (QED) is 0.495. The van der Waals surface area contributed by atoms with Crippen LogP contribution in [-0.4, -0.2) is 47.3 Å². The zero-order valence-electron chi connectivity index (χ0n) is 19.0. The van der Waals surface area contributed by atoms with Gasteiger partial charge in [-0.15, -0.1) is 0 Å². The van der Waals surface area contributed by atoms with E-state index in [2.05, 4.69) is 0 Å². The van der Waals surface area contributed by atoms with Crippen LogP contribution in [0.4, 0.5) is 5.69 Å². The molecule has 0 bridgehead atoms. The van der Waals surface area contributed by atoms with Crippen molar-refractivity contribution in [3.8, 4) is 0 Å². The van der Waals surface area contributed by atoms with Crippen LogP contribution in [-0.2, 0) is 14.3 Å². The van der Waals surface area contributed by atoms with Crippen LogP contribution in [0.5, 0.6) is 0 Å². The SMILES string of the molecule is CCOC(=O)c1ccc(N2C(=O)CC(N(C(=O)c3ccc(C)cc3)C3CCCC3)C2=O)cc1. The molecule has 2 aromatic carbocycles. The molecule has 7 nitrogen and oxygen atoms in total. The molecule has 1 aliphatic heterocycles. The minimum Gasteiger partial charge on any atom is -0.462 e. The van der Waals surface area contributed by atoms with Crippen LogP contribution in [0.3, 0.4) is 0 Å². The highest BCUT2D eigenvalue weighted by atomic mass is 16.5. The van der Waals surface area contributed by atoms with E-state index in [0.29, 0.717) is 16.8 Å². The molecular formula is C26H28N2O5. The van der Waals surface area contributed by atoms with Crippen molar-refractivity contribution in [3.63, 3.8) is 0 Å². The molecule has 1 saturated carbocycles. The second kappa shape index (κ2) is 9.57. The standard InChI is InChI=1S/C26H28N2O5/c1-3-33-26(32)19-12-14-21(15-13-19)28-23(29)16-22(25(28)31)27(20-6-4-5-7-20)24(30)18-10-8-17(2)9-11-18/h8-15,20,22H,3-7,16H2,1-2H3. The maximum absolute atomic E-state index is 13.5. The topological polar surface area (TPSA) is 84.0 Å². The zero-order valence-corrected chi connectivity index (χ0v) is 19.0. The van der Waals surface area contributed by atoms with Gasteiger partial charge in [0, 0.05) is 11.6 Å². The third-order valence-corrected chi connectivity index (χ3v) is 6.35. The fourth-order valence-corrected chi connectivity index (χ4v) is 4.65. The van der Waals surface area contributed by atoms with Gasteiger partial charge >= 0.3 is 5.97 Å². The molecule has 2 aromatic rings. The zero-order chi connectivity index (χ0) is 23.5. The summed E-state index contributed by atoms with van der Waals surface area (Å²) in [6.45, 7) is 3.94. The highest BCUT2D eigenvalue weighted by Gasteiger charge is 2.47. The normalized spacial score (nSPS) is 18.6. The molecule has 7 heteroatoms. The van der Waals surface area contributed by atoms with Crippen molar-refractivity contribution in [2.24, 2.45) is 0 Å². The summed E-state index contributed by atoms with van der Waals surface area (Å²) in [7, 11) is 0. The molecule has 0 radical (unpaired) electrons. The highest BCUT2D eigenvalue weighted by Crippen LogP contribution is 2.33. The third kappa shape index (κ3) is 4.53. The van der Waals surface area contributed by atoms with Crippen LogP contribution in [0.25, 0.3) is 0 Å². The first-order valence-corrected chi connectivity index (χ1v) is 11.4. The number of rotatable bonds is 6. The molecule has 0 spiro atoms. The van der Waals surface area contributed by atoms with E-state index in [1.54, 1.807) is 36.1 Å². The number of carbonyl (C=O) groups excluding carboxylic acids is 4. The predicted octanol–water partition coefficient (Wildman–Crippen LogP) is 3.89. The van der Waals surface area contributed by atoms with E-state index >= 15 is 0 Å². The van der Waals surface area contributed by atoms with Crippen LogP contribution in [0.15, 0.2) is 48.5 Å². The lowest BCUT2D eigenvalue weighted by Gasteiger charge is -2.33. The first-order valence-electron chi connectivity index (χ1n) is 11.4. The molecule has 1 atom stereocenters. The molecule has 1 saturated heterocycles. The summed E-state index contributed by atoms with van der Waals surface area (Å²) >= 11 is 0. The Morgan fingerprint density at radius 2 is 1.58 bits per heavy atom. The van der Waals surface area contributed by atoms with Crippen molar-refractivity contribution in [1.82, 2.24) is 4.90 Å². The van der Waals surface area contributed by atoms with Crippen molar-refractivity contribution in [3.05, 3.63) is 65.2 Å². The van der Waals surface area contributed by atoms with Gasteiger partial charge in [0.2, 0.25) is 5.91 Å². The number of amides is 3. The monoisotopic (exact) mass is 448 g/mol. The molecule has 2 aliphatic rings. The highest BCUT2D eigenvalue weighted by molar-refractivity contribution is 6.23. The summed E-state index contributed by atoms with van der Waals surface area (Å²) in [4.78, 5) is 54.5. The van der Waals surface area contributed by atoms with E-state index in [-0.39, 0.29) is 30.9 Å². The van der Waals surface area contributed by atoms with Crippen LogP contribution in [0.1, 0.15) is 65.3 Å². The lowest BCUT2D eigenvalue weighted by molar-refractivity contribution is -0.123. The number of esters is 1. The van der Waals surface area contributed by atoms with Crippen molar-refractivity contribution in [2.75, 3.05) is 11.5 Å². The molecule has 2 fully saturated rings. The number of aryl methyl sites for hydroxylation is 1. The smallest absolute Gasteiger partial charge is 0.338 e. The first kappa shape index (κ1) is 22.7. The molecule has 33 heavy (non-hydrogen) atoms. The molecule has 1 heterocycles. The number of benzene rings is 2. The first-order chi connectivity index (χ1) is 15.9. The predicted molar refractivity (Wildman–Crippen MR) is 123 cm³/mol. The van der Waals surface area contributed by atoms with Crippen LogP contribution < -0.4 is 4.90 Å². The fourth-order valence-electron chi connectivity index (χ4n) is 4.65. The maximum Gasteiger partial charge on any atom is 0.338 e. The largest absolute Gasteiger partial charge is 0.462 e. The van der Waals surface area contributed by atoms with E-state index in [0.717, 1.165) is 36.1 Å². The minimum absolute atomic E-state index is 0.0490. The van der Waals surface area contributed by atoms with Crippen molar-refractivity contribution >= 4 is 29.4 Å². The number of hydrogen-bond acceptors (Lipinski definition) is 5. The van der Waals surface area contributed by atoms with E-state index in [4.69, 9.17) is 4.74 Å². The maximum atomic E-state index is 13.5. The number of anilines is 1. The molecular weight excluding hydrogens is 420 g/mol. The Labute approximate surface area is 193 Å². The number of ether oxygens (including phenoxy) is 1. The van der Waals surface area contributed by atoms with Crippen molar-refractivity contribution < 1.29 is 23.9 Å². The van der Waals surface area contributed by atoms with E-state index in [9.17, 15) is 19.2 Å². The minimum atomic E-state index is -0.834. The Morgan fingerprint density at radius 1 is 0.970 bits per heavy atom. The van der Waals surface area contributed by atoms with E-state index in [1.165, 1.54) is 12.1 Å². The van der Waals surface area contributed by atoms with Crippen molar-refractivity contribution in [1.29, 1.82) is 0 Å². The average Bonchev–Trinajstić information content (AvgIpc) is 3.43. The summed E-state index contributed by atoms with van der Waals surface area (Å²) in [5, 5.41) is 0. The molecule has 4 rings (SSSR count). The number of carbonyl (C=O) groups is 4. The van der Waals surface area contributed by atoms with E-state index < -0.39 is 17.9 Å². The van der Waals surface area contributed by atoms with Crippen LogP contribution >= 0.6 is 0 Å². The van der Waals surface area contributed by atoms with Gasteiger partial charge in [-0.3, -0.25) is 14.4 Å². The van der Waals surface area contributed by atoms with Gasteiger partial charge in [-0.05, 0) is 63.1 Å². The lowest BCUT2D eigenvalue weighted by Crippen LogP contribution is -2.50. The number of hydrogen-bond donors (Lipinski definition) is 0. The number of nitrogens with zero attached hydrogens (tertiary/aromatic N) is 2. The molecule has 0 aromatic heterocycles. The van der Waals surface area contributed by atoms with Gasteiger partial charge in [-0.25, -0.2) is 9.69 Å².